The first-order valence-corrected chi connectivity index (χ1v) is 17.7. The number of rotatable bonds is 24. The summed E-state index contributed by atoms with van der Waals surface area (Å²) in [5.74, 6) is 2.89. The first-order valence-electron chi connectivity index (χ1n) is 17.7. The lowest BCUT2D eigenvalue weighted by atomic mass is 9.86. The van der Waals surface area contributed by atoms with Crippen molar-refractivity contribution in [3.8, 4) is 11.5 Å². The van der Waals surface area contributed by atoms with E-state index in [2.05, 4.69) is 104 Å². The van der Waals surface area contributed by atoms with Crippen LogP contribution in [0, 0.1) is 11.8 Å². The third-order valence-electron chi connectivity index (χ3n) is 8.50. The molecule has 2 unspecified atom stereocenters. The highest BCUT2D eigenvalue weighted by Gasteiger charge is 2.33. The van der Waals surface area contributed by atoms with Gasteiger partial charge in [0.15, 0.2) is 0 Å². The number of benzene rings is 2. The predicted octanol–water partition coefficient (Wildman–Crippen LogP) is 11.8. The number of ether oxygens (including phenoxy) is 3. The smallest absolute Gasteiger partial charge is 0.119 e. The summed E-state index contributed by atoms with van der Waals surface area (Å²) in [6.07, 6.45) is 16.4. The summed E-state index contributed by atoms with van der Waals surface area (Å²) in [6.45, 7) is 19.6. The largest absolute Gasteiger partial charge is 0.493 e. The molecular weight excluding hydrogens is 528 g/mol. The van der Waals surface area contributed by atoms with Crippen LogP contribution in [0.15, 0.2) is 48.5 Å². The van der Waals surface area contributed by atoms with Crippen molar-refractivity contribution >= 4 is 0 Å². The van der Waals surface area contributed by atoms with Gasteiger partial charge in [-0.15, -0.1) is 0 Å². The fraction of sp³-hybridized carbons (Fsp3) is 0.700. The van der Waals surface area contributed by atoms with Crippen LogP contribution >= 0.6 is 0 Å². The van der Waals surface area contributed by atoms with Crippen molar-refractivity contribution in [2.24, 2.45) is 11.8 Å². The van der Waals surface area contributed by atoms with Crippen LogP contribution in [-0.2, 0) is 17.6 Å². The summed E-state index contributed by atoms with van der Waals surface area (Å²) in [6, 6.07) is 17.5. The van der Waals surface area contributed by atoms with Crippen LogP contribution in [0.5, 0.6) is 11.5 Å². The molecule has 2 aromatic carbocycles. The fourth-order valence-corrected chi connectivity index (χ4v) is 6.39. The van der Waals surface area contributed by atoms with E-state index in [0.717, 1.165) is 50.4 Å². The van der Waals surface area contributed by atoms with Crippen LogP contribution in [-0.4, -0.2) is 24.4 Å². The zero-order chi connectivity index (χ0) is 31.6. The Hall–Kier alpha value is -2.00. The van der Waals surface area contributed by atoms with Gasteiger partial charge in [-0.3, -0.25) is 0 Å². The van der Waals surface area contributed by atoms with E-state index >= 15 is 0 Å². The third kappa shape index (κ3) is 16.0. The molecule has 0 aliphatic rings. The Morgan fingerprint density at radius 3 is 1.19 bits per heavy atom. The number of aryl methyl sites for hydroxylation is 2. The quantitative estimate of drug-likeness (QED) is 0.121. The molecule has 0 fully saturated rings. The van der Waals surface area contributed by atoms with Gasteiger partial charge in [0.25, 0.3) is 0 Å². The topological polar surface area (TPSA) is 27.7 Å². The van der Waals surface area contributed by atoms with Gasteiger partial charge < -0.3 is 14.2 Å². The van der Waals surface area contributed by atoms with Gasteiger partial charge in [-0.05, 0) is 126 Å². The molecule has 0 aliphatic carbocycles. The summed E-state index contributed by atoms with van der Waals surface area (Å²) in [5, 5.41) is 0. The second kappa shape index (κ2) is 20.1. The van der Waals surface area contributed by atoms with E-state index in [1.165, 1.54) is 75.3 Å². The van der Waals surface area contributed by atoms with Crippen LogP contribution in [0.4, 0.5) is 0 Å². The van der Waals surface area contributed by atoms with Gasteiger partial charge in [0, 0.05) is 0 Å². The summed E-state index contributed by atoms with van der Waals surface area (Å²) in [5.41, 5.74) is 2.33. The standard InChI is InChI=1S/C40H66O3/c1-9-13-17-33-21-25-37(26-22-33)41-31-35(19-15-11-3)29-39(5,6)43-40(7,8)30-36(20-16-12-4)32-42-38-27-23-34(24-28-38)18-14-10-2/h21-28,35-36H,9-20,29-32H2,1-8H3. The molecule has 3 heteroatoms. The Bertz CT molecular complexity index is 881. The van der Waals surface area contributed by atoms with Gasteiger partial charge in [0.05, 0.1) is 24.4 Å². The molecule has 0 saturated heterocycles. The van der Waals surface area contributed by atoms with Crippen molar-refractivity contribution in [1.29, 1.82) is 0 Å². The molecule has 2 aromatic rings. The zero-order valence-corrected chi connectivity index (χ0v) is 29.3. The average molecular weight is 595 g/mol. The predicted molar refractivity (Wildman–Crippen MR) is 186 cm³/mol. The molecule has 2 atom stereocenters. The summed E-state index contributed by atoms with van der Waals surface area (Å²) in [4.78, 5) is 0. The van der Waals surface area contributed by atoms with Gasteiger partial charge in [-0.1, -0.05) is 90.5 Å². The highest BCUT2D eigenvalue weighted by atomic mass is 16.5. The van der Waals surface area contributed by atoms with E-state index in [0.29, 0.717) is 11.8 Å². The summed E-state index contributed by atoms with van der Waals surface area (Å²) in [7, 11) is 0. The normalized spacial score (nSPS) is 13.6. The van der Waals surface area contributed by atoms with Gasteiger partial charge in [0.2, 0.25) is 0 Å². The minimum absolute atomic E-state index is 0.236. The van der Waals surface area contributed by atoms with E-state index in [1.54, 1.807) is 0 Å². The van der Waals surface area contributed by atoms with Crippen molar-refractivity contribution in [3.63, 3.8) is 0 Å². The molecule has 43 heavy (non-hydrogen) atoms. The second-order valence-corrected chi connectivity index (χ2v) is 14.2. The minimum Gasteiger partial charge on any atom is -0.493 e. The van der Waals surface area contributed by atoms with Gasteiger partial charge >= 0.3 is 0 Å². The monoisotopic (exact) mass is 595 g/mol. The first-order chi connectivity index (χ1) is 20.6. The average Bonchev–Trinajstić information content (AvgIpc) is 2.98. The molecule has 0 N–H and O–H groups in total. The third-order valence-corrected chi connectivity index (χ3v) is 8.50. The maximum absolute atomic E-state index is 6.95. The van der Waals surface area contributed by atoms with Crippen molar-refractivity contribution in [2.75, 3.05) is 13.2 Å². The Morgan fingerprint density at radius 1 is 0.512 bits per heavy atom. The molecule has 0 aliphatic heterocycles. The number of hydrogen-bond donors (Lipinski definition) is 0. The Labute approximate surface area is 266 Å². The molecular formula is C40H66O3. The van der Waals surface area contributed by atoms with Gasteiger partial charge in [-0.2, -0.15) is 0 Å². The lowest BCUT2D eigenvalue weighted by Crippen LogP contribution is -2.41. The molecule has 0 aromatic heterocycles. The van der Waals surface area contributed by atoms with Crippen molar-refractivity contribution in [2.45, 2.75) is 156 Å². The Balaban J connectivity index is 1.96. The lowest BCUT2D eigenvalue weighted by molar-refractivity contribution is -0.143. The molecule has 2 rings (SSSR count). The second-order valence-electron chi connectivity index (χ2n) is 14.2. The first kappa shape index (κ1) is 37.2. The van der Waals surface area contributed by atoms with Crippen molar-refractivity contribution in [3.05, 3.63) is 59.7 Å². The zero-order valence-electron chi connectivity index (χ0n) is 29.3. The molecule has 0 heterocycles. The number of hydrogen-bond acceptors (Lipinski definition) is 3. The Kier molecular flexibility index (Phi) is 17.4. The number of unbranched alkanes of at least 4 members (excludes halogenated alkanes) is 4. The summed E-state index contributed by atoms with van der Waals surface area (Å²) >= 11 is 0. The highest BCUT2D eigenvalue weighted by molar-refractivity contribution is 5.28. The molecule has 0 spiro atoms. The lowest BCUT2D eigenvalue weighted by Gasteiger charge is -2.40. The van der Waals surface area contributed by atoms with E-state index in [-0.39, 0.29) is 11.2 Å². The van der Waals surface area contributed by atoms with E-state index in [4.69, 9.17) is 14.2 Å². The van der Waals surface area contributed by atoms with E-state index < -0.39 is 0 Å². The van der Waals surface area contributed by atoms with Crippen LogP contribution in [0.2, 0.25) is 0 Å². The van der Waals surface area contributed by atoms with Crippen molar-refractivity contribution < 1.29 is 14.2 Å². The Morgan fingerprint density at radius 2 is 0.860 bits per heavy atom. The van der Waals surface area contributed by atoms with Crippen LogP contribution in [0.1, 0.15) is 144 Å². The summed E-state index contributed by atoms with van der Waals surface area (Å²) < 4.78 is 19.6. The fourth-order valence-electron chi connectivity index (χ4n) is 6.39. The molecule has 0 radical (unpaired) electrons. The van der Waals surface area contributed by atoms with Gasteiger partial charge in [-0.25, -0.2) is 0 Å². The highest BCUT2D eigenvalue weighted by Crippen LogP contribution is 2.34. The van der Waals surface area contributed by atoms with Crippen molar-refractivity contribution in [1.82, 2.24) is 0 Å². The maximum atomic E-state index is 6.95. The van der Waals surface area contributed by atoms with Crippen LogP contribution in [0.25, 0.3) is 0 Å². The van der Waals surface area contributed by atoms with Gasteiger partial charge in [0.1, 0.15) is 11.5 Å². The minimum atomic E-state index is -0.236. The SMILES string of the molecule is CCCCc1ccc(OCC(CCCC)CC(C)(C)OC(C)(C)CC(CCCC)COc2ccc(CCCC)cc2)cc1. The molecule has 0 amide bonds. The van der Waals surface area contributed by atoms with Crippen LogP contribution in [0.3, 0.4) is 0 Å². The van der Waals surface area contributed by atoms with E-state index in [1.807, 2.05) is 0 Å². The molecule has 0 saturated carbocycles. The maximum Gasteiger partial charge on any atom is 0.119 e. The van der Waals surface area contributed by atoms with Crippen LogP contribution < -0.4 is 9.47 Å². The van der Waals surface area contributed by atoms with E-state index in [9.17, 15) is 0 Å². The molecule has 244 valence electrons. The molecule has 3 nitrogen and oxygen atoms in total. The molecule has 0 bridgehead atoms.